The molecule has 10 heteroatoms. The molecule has 1 amide bonds. The molecule has 1 aromatic heterocycles. The predicted molar refractivity (Wildman–Crippen MR) is 127 cm³/mol. The van der Waals surface area contributed by atoms with E-state index in [4.69, 9.17) is 28.7 Å². The van der Waals surface area contributed by atoms with E-state index in [0.29, 0.717) is 35.0 Å². The molecule has 1 aliphatic rings. The largest absolute Gasteiger partial charge is 0.493 e. The number of fused-ring (bicyclic) bond motifs is 1. The van der Waals surface area contributed by atoms with Crippen molar-refractivity contribution in [2.45, 2.75) is 25.4 Å². The Morgan fingerprint density at radius 1 is 1.14 bits per heavy atom. The Bertz CT molecular complexity index is 1260. The van der Waals surface area contributed by atoms with E-state index in [1.54, 1.807) is 30.3 Å². The number of carboxylic acid groups (broad SMARTS) is 1. The number of rotatable bonds is 11. The number of hydrogen-bond donors (Lipinski definition) is 2. The van der Waals surface area contributed by atoms with E-state index in [1.807, 2.05) is 0 Å². The quantitative estimate of drug-likeness (QED) is 0.415. The molecule has 0 spiro atoms. The minimum atomic E-state index is -1.13. The van der Waals surface area contributed by atoms with Crippen LogP contribution in [0.1, 0.15) is 34.9 Å². The van der Waals surface area contributed by atoms with Gasteiger partial charge in [0.15, 0.2) is 18.1 Å². The van der Waals surface area contributed by atoms with Gasteiger partial charge < -0.3 is 29.1 Å². The van der Waals surface area contributed by atoms with Crippen molar-refractivity contribution in [2.75, 3.05) is 20.8 Å². The molecule has 1 atom stereocenters. The first-order chi connectivity index (χ1) is 17.4. The third-order valence-corrected chi connectivity index (χ3v) is 5.65. The second-order valence-corrected chi connectivity index (χ2v) is 8.07. The van der Waals surface area contributed by atoms with Crippen LogP contribution in [-0.4, -0.2) is 43.5 Å². The van der Waals surface area contributed by atoms with Crippen molar-refractivity contribution in [3.8, 4) is 17.2 Å². The molecule has 1 unspecified atom stereocenters. The van der Waals surface area contributed by atoms with Crippen LogP contribution in [0.3, 0.4) is 0 Å². The van der Waals surface area contributed by atoms with Gasteiger partial charge in [-0.15, -0.1) is 0 Å². The lowest BCUT2D eigenvalue weighted by molar-refractivity contribution is -0.139. The Morgan fingerprint density at radius 3 is 2.53 bits per heavy atom. The normalized spacial score (nSPS) is 14.1. The monoisotopic (exact) mass is 496 g/mol. The SMILES string of the molecule is COc1cc(CC2=NC(CC(=O)NCc3ccco3)c3cc(F)ccc32)cc(OC)c1OCC(=O)O. The number of aliphatic imine (C=N–C) groups is 1. The van der Waals surface area contributed by atoms with Gasteiger partial charge in [-0.3, -0.25) is 9.79 Å². The second-order valence-electron chi connectivity index (χ2n) is 8.07. The number of ether oxygens (including phenoxy) is 3. The number of methoxy groups -OCH3 is 2. The van der Waals surface area contributed by atoms with Crippen molar-refractivity contribution in [2.24, 2.45) is 4.99 Å². The molecule has 0 radical (unpaired) electrons. The highest BCUT2D eigenvalue weighted by atomic mass is 19.1. The maximum atomic E-state index is 14.1. The molecule has 2 aromatic carbocycles. The van der Waals surface area contributed by atoms with Crippen molar-refractivity contribution in [1.82, 2.24) is 5.32 Å². The number of amides is 1. The molecular weight excluding hydrogens is 471 g/mol. The zero-order chi connectivity index (χ0) is 25.7. The molecule has 0 saturated carbocycles. The first-order valence-electron chi connectivity index (χ1n) is 11.1. The maximum Gasteiger partial charge on any atom is 0.341 e. The zero-order valence-corrected chi connectivity index (χ0v) is 19.7. The summed E-state index contributed by atoms with van der Waals surface area (Å²) in [6.07, 6.45) is 1.92. The summed E-state index contributed by atoms with van der Waals surface area (Å²) in [7, 11) is 2.88. The fourth-order valence-corrected chi connectivity index (χ4v) is 4.05. The number of aliphatic carboxylic acids is 1. The molecule has 0 bridgehead atoms. The molecular formula is C26H25FN2O7. The molecule has 36 heavy (non-hydrogen) atoms. The highest BCUT2D eigenvalue weighted by Crippen LogP contribution is 2.40. The van der Waals surface area contributed by atoms with Crippen LogP contribution in [0.15, 0.2) is 58.1 Å². The number of hydrogen-bond acceptors (Lipinski definition) is 7. The Hall–Kier alpha value is -4.34. The molecule has 3 aromatic rings. The smallest absolute Gasteiger partial charge is 0.341 e. The summed E-state index contributed by atoms with van der Waals surface area (Å²) < 4.78 is 35.4. The highest BCUT2D eigenvalue weighted by molar-refractivity contribution is 6.05. The lowest BCUT2D eigenvalue weighted by Gasteiger charge is -2.15. The molecule has 0 fully saturated rings. The number of furan rings is 1. The van der Waals surface area contributed by atoms with E-state index in [0.717, 1.165) is 11.1 Å². The van der Waals surface area contributed by atoms with Crippen molar-refractivity contribution in [3.05, 3.63) is 77.0 Å². The van der Waals surface area contributed by atoms with Gasteiger partial charge in [-0.2, -0.15) is 0 Å². The van der Waals surface area contributed by atoms with Gasteiger partial charge >= 0.3 is 5.97 Å². The molecule has 188 valence electrons. The van der Waals surface area contributed by atoms with Crippen LogP contribution in [0, 0.1) is 5.82 Å². The van der Waals surface area contributed by atoms with Gasteiger partial charge in [-0.05, 0) is 53.6 Å². The fraction of sp³-hybridized carbons (Fsp3) is 0.269. The Kier molecular flexibility index (Phi) is 7.53. The number of nitrogens with one attached hydrogen (secondary N) is 1. The van der Waals surface area contributed by atoms with E-state index in [9.17, 15) is 14.0 Å². The Labute approximate surface area is 206 Å². The zero-order valence-electron chi connectivity index (χ0n) is 19.7. The van der Waals surface area contributed by atoms with Gasteiger partial charge in [-0.25, -0.2) is 9.18 Å². The van der Waals surface area contributed by atoms with Crippen LogP contribution < -0.4 is 19.5 Å². The molecule has 0 saturated heterocycles. The van der Waals surface area contributed by atoms with E-state index in [1.165, 1.54) is 32.6 Å². The van der Waals surface area contributed by atoms with E-state index < -0.39 is 24.4 Å². The molecule has 0 aliphatic carbocycles. The molecule has 2 heterocycles. The molecule has 4 rings (SSSR count). The van der Waals surface area contributed by atoms with Gasteiger partial charge in [0.2, 0.25) is 11.7 Å². The molecule has 9 nitrogen and oxygen atoms in total. The maximum absolute atomic E-state index is 14.1. The number of benzene rings is 2. The third kappa shape index (κ3) is 5.65. The van der Waals surface area contributed by atoms with Gasteiger partial charge in [0, 0.05) is 17.7 Å². The average molecular weight is 496 g/mol. The van der Waals surface area contributed by atoms with Crippen molar-refractivity contribution >= 4 is 17.6 Å². The summed E-state index contributed by atoms with van der Waals surface area (Å²) in [4.78, 5) is 28.2. The predicted octanol–water partition coefficient (Wildman–Crippen LogP) is 3.69. The standard InChI is InChI=1S/C26H25FN2O7/c1-33-22-9-15(10-23(34-2)26(22)36-14-25(31)32)8-20-18-6-5-16(27)11-19(18)21(29-20)12-24(30)28-13-17-4-3-7-35-17/h3-7,9-11,21H,8,12-14H2,1-2H3,(H,28,30)(H,31,32). The average Bonchev–Trinajstić information content (AvgIpc) is 3.49. The van der Waals surface area contributed by atoms with Crippen molar-refractivity contribution < 1.29 is 37.7 Å². The minimum Gasteiger partial charge on any atom is -0.493 e. The summed E-state index contributed by atoms with van der Waals surface area (Å²) in [5.74, 6) is -0.368. The van der Waals surface area contributed by atoms with Crippen molar-refractivity contribution in [1.29, 1.82) is 0 Å². The summed E-state index contributed by atoms with van der Waals surface area (Å²) in [5, 5.41) is 11.7. The summed E-state index contributed by atoms with van der Waals surface area (Å²) in [6, 6.07) is 10.8. The van der Waals surface area contributed by atoms with Gasteiger partial charge in [0.05, 0.1) is 39.5 Å². The summed E-state index contributed by atoms with van der Waals surface area (Å²) in [5.41, 5.74) is 2.82. The Morgan fingerprint density at radius 2 is 1.89 bits per heavy atom. The van der Waals surface area contributed by atoms with Gasteiger partial charge in [-0.1, -0.05) is 0 Å². The van der Waals surface area contributed by atoms with Crippen molar-refractivity contribution in [3.63, 3.8) is 0 Å². The summed E-state index contributed by atoms with van der Waals surface area (Å²) >= 11 is 0. The first kappa shape index (κ1) is 24.8. The number of carboxylic acids is 1. The number of nitrogens with zero attached hydrogens (tertiary/aromatic N) is 1. The molecule has 2 N–H and O–H groups in total. The number of carbonyl (C=O) groups excluding carboxylic acids is 1. The van der Waals surface area contributed by atoms with Crippen LogP contribution in [0.4, 0.5) is 4.39 Å². The van der Waals surface area contributed by atoms with E-state index in [2.05, 4.69) is 5.32 Å². The highest BCUT2D eigenvalue weighted by Gasteiger charge is 2.28. The van der Waals surface area contributed by atoms with Crippen LogP contribution in [0.25, 0.3) is 0 Å². The van der Waals surface area contributed by atoms with E-state index in [-0.39, 0.29) is 24.6 Å². The lowest BCUT2D eigenvalue weighted by Crippen LogP contribution is -2.23. The van der Waals surface area contributed by atoms with Crippen LogP contribution in [-0.2, 0) is 22.6 Å². The van der Waals surface area contributed by atoms with Crippen LogP contribution >= 0.6 is 0 Å². The third-order valence-electron chi connectivity index (χ3n) is 5.65. The lowest BCUT2D eigenvalue weighted by atomic mass is 9.96. The van der Waals surface area contributed by atoms with E-state index >= 15 is 0 Å². The Balaban J connectivity index is 1.56. The molecule has 1 aliphatic heterocycles. The number of halogens is 1. The fourth-order valence-electron chi connectivity index (χ4n) is 4.05. The minimum absolute atomic E-state index is 0.0509. The topological polar surface area (TPSA) is 120 Å². The number of carbonyl (C=O) groups is 2. The second kappa shape index (κ2) is 10.9. The van der Waals surface area contributed by atoms with Crippen LogP contribution in [0.5, 0.6) is 17.2 Å². The van der Waals surface area contributed by atoms with Gasteiger partial charge in [0.1, 0.15) is 11.6 Å². The van der Waals surface area contributed by atoms with Crippen LogP contribution in [0.2, 0.25) is 0 Å². The van der Waals surface area contributed by atoms with Gasteiger partial charge in [0.25, 0.3) is 0 Å². The summed E-state index contributed by atoms with van der Waals surface area (Å²) in [6.45, 7) is -0.303. The first-order valence-corrected chi connectivity index (χ1v) is 11.1.